The van der Waals surface area contributed by atoms with Gasteiger partial charge in [0.15, 0.2) is 0 Å². The van der Waals surface area contributed by atoms with E-state index in [0.717, 1.165) is 38.5 Å². The van der Waals surface area contributed by atoms with Gasteiger partial charge in [-0.25, -0.2) is 19.6 Å². The molecule has 0 aliphatic heterocycles. The van der Waals surface area contributed by atoms with Crippen LogP contribution in [0, 0.1) is 17.3 Å². The van der Waals surface area contributed by atoms with Crippen molar-refractivity contribution in [2.24, 2.45) is 27.2 Å². The third-order valence-corrected chi connectivity index (χ3v) is 5.42. The molecule has 0 radical (unpaired) electrons. The zero-order valence-corrected chi connectivity index (χ0v) is 11.8. The number of carbonyl (C=O) groups excluding carboxylic acids is 2. The Morgan fingerprint density at radius 3 is 2.32 bits per heavy atom. The molecule has 0 bridgehead atoms. The van der Waals surface area contributed by atoms with Crippen molar-refractivity contribution in [1.82, 2.24) is 0 Å². The average Bonchev–Trinajstić information content (AvgIpc) is 2.38. The fourth-order valence-electron chi connectivity index (χ4n) is 4.20. The number of aliphatic imine (C=N–C) groups is 2. The highest BCUT2D eigenvalue weighted by atomic mass is 16.1. The van der Waals surface area contributed by atoms with Crippen molar-refractivity contribution in [3.05, 3.63) is 0 Å². The maximum atomic E-state index is 10.4. The molecule has 0 N–H and O–H groups in total. The molecule has 0 saturated heterocycles. The van der Waals surface area contributed by atoms with Gasteiger partial charge in [0.25, 0.3) is 0 Å². The predicted molar refractivity (Wildman–Crippen MR) is 72.3 cm³/mol. The van der Waals surface area contributed by atoms with E-state index in [1.807, 2.05) is 0 Å². The summed E-state index contributed by atoms with van der Waals surface area (Å²) in [4.78, 5) is 28.6. The van der Waals surface area contributed by atoms with Gasteiger partial charge in [0.2, 0.25) is 12.2 Å². The summed E-state index contributed by atoms with van der Waals surface area (Å²) in [6.45, 7) is 4.47. The Morgan fingerprint density at radius 2 is 1.74 bits per heavy atom. The molecule has 4 nitrogen and oxygen atoms in total. The monoisotopic (exact) mass is 262 g/mol. The Morgan fingerprint density at radius 1 is 1.05 bits per heavy atom. The molecule has 0 aromatic carbocycles. The van der Waals surface area contributed by atoms with Gasteiger partial charge in [0.1, 0.15) is 0 Å². The van der Waals surface area contributed by atoms with E-state index in [4.69, 9.17) is 0 Å². The molecule has 19 heavy (non-hydrogen) atoms. The minimum absolute atomic E-state index is 0.154. The minimum atomic E-state index is 0.154. The minimum Gasteiger partial charge on any atom is -0.211 e. The van der Waals surface area contributed by atoms with Crippen LogP contribution in [-0.2, 0) is 9.59 Å². The first-order valence-electron chi connectivity index (χ1n) is 7.25. The molecular formula is C15H22N2O2. The van der Waals surface area contributed by atoms with Crippen LogP contribution in [0.4, 0.5) is 0 Å². The van der Waals surface area contributed by atoms with Crippen LogP contribution in [0.15, 0.2) is 9.98 Å². The van der Waals surface area contributed by atoms with E-state index in [0.29, 0.717) is 17.3 Å². The topological polar surface area (TPSA) is 58.9 Å². The molecule has 0 amide bonds. The highest BCUT2D eigenvalue weighted by Crippen LogP contribution is 2.53. The highest BCUT2D eigenvalue weighted by Gasteiger charge is 2.45. The van der Waals surface area contributed by atoms with Crippen molar-refractivity contribution in [2.75, 3.05) is 0 Å². The average molecular weight is 262 g/mol. The normalized spacial score (nSPS) is 42.2. The van der Waals surface area contributed by atoms with E-state index >= 15 is 0 Å². The summed E-state index contributed by atoms with van der Waals surface area (Å²) in [5.74, 6) is 1.02. The van der Waals surface area contributed by atoms with Crippen LogP contribution in [0.5, 0.6) is 0 Å². The molecule has 2 saturated carbocycles. The zero-order valence-electron chi connectivity index (χ0n) is 11.8. The molecular weight excluding hydrogens is 240 g/mol. The molecule has 0 heterocycles. The molecule has 104 valence electrons. The Hall–Kier alpha value is -1.24. The van der Waals surface area contributed by atoms with Gasteiger partial charge < -0.3 is 0 Å². The molecule has 0 aromatic heterocycles. The van der Waals surface area contributed by atoms with Crippen molar-refractivity contribution in [1.29, 1.82) is 0 Å². The first-order chi connectivity index (χ1) is 9.11. The van der Waals surface area contributed by atoms with Gasteiger partial charge in [0.05, 0.1) is 12.1 Å². The lowest BCUT2D eigenvalue weighted by Gasteiger charge is -2.50. The Kier molecular flexibility index (Phi) is 4.34. The Labute approximate surface area is 114 Å². The second kappa shape index (κ2) is 5.81. The van der Waals surface area contributed by atoms with Crippen LogP contribution in [0.2, 0.25) is 0 Å². The molecule has 2 aliphatic carbocycles. The van der Waals surface area contributed by atoms with Crippen molar-refractivity contribution in [3.63, 3.8) is 0 Å². The van der Waals surface area contributed by atoms with Gasteiger partial charge >= 0.3 is 0 Å². The van der Waals surface area contributed by atoms with Crippen LogP contribution >= 0.6 is 0 Å². The van der Waals surface area contributed by atoms with Crippen LogP contribution in [0.25, 0.3) is 0 Å². The lowest BCUT2D eigenvalue weighted by molar-refractivity contribution is 0.0227. The fourth-order valence-corrected chi connectivity index (χ4v) is 4.20. The van der Waals surface area contributed by atoms with Gasteiger partial charge in [-0.05, 0) is 55.8 Å². The highest BCUT2D eigenvalue weighted by molar-refractivity contribution is 5.34. The van der Waals surface area contributed by atoms with Crippen molar-refractivity contribution >= 4 is 12.2 Å². The Bertz CT molecular complexity index is 420. The number of rotatable bonds is 2. The van der Waals surface area contributed by atoms with Crippen molar-refractivity contribution in [2.45, 2.75) is 64.5 Å². The van der Waals surface area contributed by atoms with Crippen LogP contribution in [0.3, 0.4) is 0 Å². The third kappa shape index (κ3) is 2.86. The fraction of sp³-hybridized carbons (Fsp3) is 0.867. The maximum Gasteiger partial charge on any atom is 0.235 e. The number of nitrogens with zero attached hydrogens (tertiary/aromatic N) is 2. The summed E-state index contributed by atoms with van der Waals surface area (Å²) < 4.78 is 0. The van der Waals surface area contributed by atoms with E-state index in [-0.39, 0.29) is 12.1 Å². The first kappa shape index (κ1) is 14.2. The van der Waals surface area contributed by atoms with E-state index in [1.54, 1.807) is 12.2 Å². The van der Waals surface area contributed by atoms with Gasteiger partial charge in [-0.15, -0.1) is 0 Å². The predicted octanol–water partition coefficient (Wildman–Crippen LogP) is 3.02. The molecule has 5 atom stereocenters. The number of isocyanates is 2. The van der Waals surface area contributed by atoms with E-state index in [2.05, 4.69) is 23.8 Å². The van der Waals surface area contributed by atoms with E-state index in [9.17, 15) is 9.59 Å². The summed E-state index contributed by atoms with van der Waals surface area (Å²) in [6.07, 6.45) is 9.77. The van der Waals surface area contributed by atoms with Crippen molar-refractivity contribution < 1.29 is 9.59 Å². The summed E-state index contributed by atoms with van der Waals surface area (Å²) in [6, 6.07) is 0.320. The molecule has 2 fully saturated rings. The number of hydrogen-bond donors (Lipinski definition) is 0. The quantitative estimate of drug-likeness (QED) is 0.567. The molecule has 4 heteroatoms. The second-order valence-electron chi connectivity index (χ2n) is 6.42. The smallest absolute Gasteiger partial charge is 0.211 e. The lowest BCUT2D eigenvalue weighted by Crippen LogP contribution is -2.43. The molecule has 2 aliphatic rings. The summed E-state index contributed by atoms with van der Waals surface area (Å²) >= 11 is 0. The van der Waals surface area contributed by atoms with E-state index < -0.39 is 0 Å². The first-order valence-corrected chi connectivity index (χ1v) is 7.25. The summed E-state index contributed by atoms with van der Waals surface area (Å²) in [7, 11) is 0. The molecule has 0 aromatic rings. The summed E-state index contributed by atoms with van der Waals surface area (Å²) in [5.41, 5.74) is 0.364. The van der Waals surface area contributed by atoms with Gasteiger partial charge in [0, 0.05) is 0 Å². The van der Waals surface area contributed by atoms with Crippen molar-refractivity contribution in [3.8, 4) is 0 Å². The van der Waals surface area contributed by atoms with Crippen LogP contribution in [0.1, 0.15) is 52.4 Å². The molecule has 1 spiro atoms. The second-order valence-corrected chi connectivity index (χ2v) is 6.42. The maximum absolute atomic E-state index is 10.4. The zero-order chi connectivity index (χ0) is 13.9. The van der Waals surface area contributed by atoms with Crippen LogP contribution < -0.4 is 0 Å². The third-order valence-electron chi connectivity index (χ3n) is 5.42. The van der Waals surface area contributed by atoms with Crippen LogP contribution in [-0.4, -0.2) is 24.2 Å². The van der Waals surface area contributed by atoms with Gasteiger partial charge in [-0.2, -0.15) is 0 Å². The van der Waals surface area contributed by atoms with Gasteiger partial charge in [-0.3, -0.25) is 0 Å². The lowest BCUT2D eigenvalue weighted by atomic mass is 9.56. The van der Waals surface area contributed by atoms with E-state index in [1.165, 1.54) is 0 Å². The molecule has 2 rings (SSSR count). The van der Waals surface area contributed by atoms with Gasteiger partial charge in [-0.1, -0.05) is 13.8 Å². The Balaban J connectivity index is 2.05. The largest absolute Gasteiger partial charge is 0.235 e. The standard InChI is InChI=1S/C15H22N2O2/c1-11-8-15(6-4-14(11)17-10-19)5-3-13(16-9-18)7-12(15)2/h11-14H,3-8H2,1-2H3. The number of hydrogen-bond acceptors (Lipinski definition) is 4. The summed E-state index contributed by atoms with van der Waals surface area (Å²) in [5, 5.41) is 0. The SMILES string of the molecule is CC1CC2(CCC(N=C=O)CC2C)CCC1N=C=O. The molecule has 5 unspecified atom stereocenters.